The van der Waals surface area contributed by atoms with Crippen molar-refractivity contribution in [1.82, 2.24) is 0 Å². The summed E-state index contributed by atoms with van der Waals surface area (Å²) < 4.78 is 5.36. The number of ether oxygens (including phenoxy) is 1. The second-order valence-electron chi connectivity index (χ2n) is 5.99. The number of benzene rings is 3. The van der Waals surface area contributed by atoms with Gasteiger partial charge in [-0.15, -0.1) is 17.0 Å². The molecule has 0 radical (unpaired) electrons. The molecule has 0 saturated carbocycles. The summed E-state index contributed by atoms with van der Waals surface area (Å²) in [6.07, 6.45) is 0.402. The summed E-state index contributed by atoms with van der Waals surface area (Å²) in [7, 11) is -2.50. The zero-order valence-corrected chi connectivity index (χ0v) is 17.5. The molecular weight excluding hydrogens is 407 g/mol. The first-order valence-electron chi connectivity index (χ1n) is 8.59. The molecule has 0 aliphatic heterocycles. The second kappa shape index (κ2) is 9.66. The molecule has 3 aromatic rings. The van der Waals surface area contributed by atoms with Gasteiger partial charge in [0.2, 0.25) is 0 Å². The van der Waals surface area contributed by atoms with Crippen LogP contribution in [0.1, 0.15) is 6.92 Å². The fourth-order valence-electron chi connectivity index (χ4n) is 3.40. The Bertz CT molecular complexity index is 711. The van der Waals surface area contributed by atoms with Crippen molar-refractivity contribution < 1.29 is 9.53 Å². The molecule has 0 atom stereocenters. The molecule has 0 N–H and O–H groups in total. The van der Waals surface area contributed by atoms with E-state index >= 15 is 0 Å². The summed E-state index contributed by atoms with van der Waals surface area (Å²) >= 11 is 0. The standard InChI is InChI=1S/C22H23O2P.BrH/c1-2-24-22(23)18-25(19-12-6-3-7-13-19,20-14-8-4-9-15-20)21-16-10-5-11-17-21;/h3-17,25H,2,18H2,1H3;1H. The first kappa shape index (κ1) is 20.4. The van der Waals surface area contributed by atoms with Gasteiger partial charge in [-0.1, -0.05) is 0 Å². The van der Waals surface area contributed by atoms with Crippen LogP contribution in [-0.2, 0) is 9.53 Å². The van der Waals surface area contributed by atoms with E-state index in [1.807, 2.05) is 61.5 Å². The van der Waals surface area contributed by atoms with Crippen LogP contribution in [0.4, 0.5) is 0 Å². The summed E-state index contributed by atoms with van der Waals surface area (Å²) in [5.74, 6) is -0.134. The molecule has 0 saturated heterocycles. The van der Waals surface area contributed by atoms with Crippen molar-refractivity contribution in [3.05, 3.63) is 91.0 Å². The van der Waals surface area contributed by atoms with Crippen molar-refractivity contribution >= 4 is 46.1 Å². The van der Waals surface area contributed by atoms with Gasteiger partial charge in [-0.3, -0.25) is 0 Å². The van der Waals surface area contributed by atoms with Gasteiger partial charge in [0, 0.05) is 0 Å². The SMILES string of the molecule is Br.CCOC(=O)C[PH](c1ccccc1)(c1ccccc1)c1ccccc1. The Morgan fingerprint density at radius 1 is 0.731 bits per heavy atom. The van der Waals surface area contributed by atoms with E-state index in [0.717, 1.165) is 0 Å². The fraction of sp³-hybridized carbons (Fsp3) is 0.136. The van der Waals surface area contributed by atoms with Gasteiger partial charge in [-0.25, -0.2) is 0 Å². The fourth-order valence-corrected chi connectivity index (χ4v) is 7.83. The first-order valence-corrected chi connectivity index (χ1v) is 10.8. The molecule has 0 fully saturated rings. The molecule has 0 aliphatic rings. The third-order valence-corrected chi connectivity index (χ3v) is 9.29. The maximum atomic E-state index is 12.6. The van der Waals surface area contributed by atoms with Crippen LogP contribution in [0.3, 0.4) is 0 Å². The first-order chi connectivity index (χ1) is 12.3. The molecule has 3 aromatic carbocycles. The van der Waals surface area contributed by atoms with Gasteiger partial charge in [0.15, 0.2) is 0 Å². The Hall–Kier alpha value is -1.96. The molecule has 0 aromatic heterocycles. The van der Waals surface area contributed by atoms with Gasteiger partial charge < -0.3 is 0 Å². The molecule has 0 aliphatic carbocycles. The van der Waals surface area contributed by atoms with E-state index < -0.39 is 7.26 Å². The van der Waals surface area contributed by atoms with Crippen LogP contribution >= 0.6 is 24.2 Å². The van der Waals surface area contributed by atoms with Crippen molar-refractivity contribution in [2.75, 3.05) is 12.8 Å². The number of hydrogen-bond acceptors (Lipinski definition) is 2. The number of rotatable bonds is 6. The molecule has 4 heteroatoms. The van der Waals surface area contributed by atoms with Gasteiger partial charge >= 0.3 is 149 Å². The minimum atomic E-state index is -2.50. The van der Waals surface area contributed by atoms with E-state index in [0.29, 0.717) is 12.8 Å². The molecule has 26 heavy (non-hydrogen) atoms. The van der Waals surface area contributed by atoms with Crippen LogP contribution in [0.5, 0.6) is 0 Å². The third kappa shape index (κ3) is 4.23. The second-order valence-corrected chi connectivity index (χ2v) is 9.88. The van der Waals surface area contributed by atoms with E-state index in [-0.39, 0.29) is 23.0 Å². The van der Waals surface area contributed by atoms with Crippen LogP contribution in [0, 0.1) is 0 Å². The average molecular weight is 431 g/mol. The van der Waals surface area contributed by atoms with Gasteiger partial charge in [-0.2, -0.15) is 0 Å². The van der Waals surface area contributed by atoms with Crippen LogP contribution in [0.25, 0.3) is 0 Å². The molecule has 2 nitrogen and oxygen atoms in total. The van der Waals surface area contributed by atoms with Crippen molar-refractivity contribution in [2.45, 2.75) is 6.92 Å². The number of carbonyl (C=O) groups excluding carboxylic acids is 1. The summed E-state index contributed by atoms with van der Waals surface area (Å²) in [6.45, 7) is 2.26. The number of halogens is 1. The maximum absolute atomic E-state index is 12.6. The van der Waals surface area contributed by atoms with Gasteiger partial charge in [0.1, 0.15) is 0 Å². The Morgan fingerprint density at radius 2 is 1.08 bits per heavy atom. The molecule has 0 spiro atoms. The quantitative estimate of drug-likeness (QED) is 0.438. The zero-order valence-electron chi connectivity index (χ0n) is 14.8. The van der Waals surface area contributed by atoms with E-state index in [2.05, 4.69) is 36.4 Å². The van der Waals surface area contributed by atoms with Gasteiger partial charge in [-0.05, 0) is 0 Å². The third-order valence-electron chi connectivity index (χ3n) is 4.51. The Labute approximate surface area is 166 Å². The summed E-state index contributed by atoms with van der Waals surface area (Å²) in [6, 6.07) is 31.2. The predicted octanol–water partition coefficient (Wildman–Crippen LogP) is 3.85. The summed E-state index contributed by atoms with van der Waals surface area (Å²) in [5.41, 5.74) is 0. The van der Waals surface area contributed by atoms with E-state index in [9.17, 15) is 4.79 Å². The molecule has 136 valence electrons. The number of hydrogen-bond donors (Lipinski definition) is 0. The molecule has 0 amide bonds. The monoisotopic (exact) mass is 430 g/mol. The van der Waals surface area contributed by atoms with E-state index in [4.69, 9.17) is 4.74 Å². The van der Waals surface area contributed by atoms with Crippen LogP contribution in [0.15, 0.2) is 91.0 Å². The van der Waals surface area contributed by atoms with Gasteiger partial charge in [0.05, 0.1) is 0 Å². The zero-order chi connectivity index (χ0) is 17.5. The summed E-state index contributed by atoms with van der Waals surface area (Å²) in [4.78, 5) is 12.6. The van der Waals surface area contributed by atoms with E-state index in [1.165, 1.54) is 15.9 Å². The Balaban J connectivity index is 0.00000243. The van der Waals surface area contributed by atoms with Crippen LogP contribution in [0.2, 0.25) is 0 Å². The normalized spacial score (nSPS) is 11.3. The predicted molar refractivity (Wildman–Crippen MR) is 118 cm³/mol. The number of esters is 1. The van der Waals surface area contributed by atoms with Crippen molar-refractivity contribution in [2.24, 2.45) is 0 Å². The van der Waals surface area contributed by atoms with Gasteiger partial charge in [0.25, 0.3) is 0 Å². The molecule has 0 heterocycles. The van der Waals surface area contributed by atoms with Crippen molar-refractivity contribution in [3.8, 4) is 0 Å². The van der Waals surface area contributed by atoms with Crippen LogP contribution in [-0.4, -0.2) is 18.7 Å². The molecule has 0 unspecified atom stereocenters. The molecule has 3 rings (SSSR count). The van der Waals surface area contributed by atoms with Crippen LogP contribution < -0.4 is 15.9 Å². The van der Waals surface area contributed by atoms with Crippen molar-refractivity contribution in [3.63, 3.8) is 0 Å². The summed E-state index contributed by atoms with van der Waals surface area (Å²) in [5, 5.41) is 3.67. The van der Waals surface area contributed by atoms with E-state index in [1.54, 1.807) is 0 Å². The Morgan fingerprint density at radius 3 is 1.38 bits per heavy atom. The molecular formula is C22H24BrO2P. The minimum absolute atomic E-state index is 0. The molecule has 0 bridgehead atoms. The average Bonchev–Trinajstić information content (AvgIpc) is 2.68. The number of carbonyl (C=O) groups is 1. The topological polar surface area (TPSA) is 26.3 Å². The Kier molecular flexibility index (Phi) is 7.56. The van der Waals surface area contributed by atoms with Crippen molar-refractivity contribution in [1.29, 1.82) is 0 Å².